The molecule has 0 unspecified atom stereocenters. The second-order valence-electron chi connectivity index (χ2n) is 2.39. The van der Waals surface area contributed by atoms with Crippen LogP contribution in [-0.4, -0.2) is 17.1 Å². The number of rotatable bonds is 2. The number of hydrogen-bond acceptors (Lipinski definition) is 3. The van der Waals surface area contributed by atoms with E-state index in [0.717, 1.165) is 5.56 Å². The number of aryl methyl sites for hydroxylation is 1. The van der Waals surface area contributed by atoms with Crippen molar-refractivity contribution < 1.29 is 4.79 Å². The minimum absolute atomic E-state index is 0.0984. The van der Waals surface area contributed by atoms with Gasteiger partial charge >= 0.3 is 0 Å². The summed E-state index contributed by atoms with van der Waals surface area (Å²) >= 11 is 1.28. The van der Waals surface area contributed by atoms with Gasteiger partial charge in [-0.15, -0.1) is 0 Å². The van der Waals surface area contributed by atoms with Gasteiger partial charge in [0.2, 0.25) is 0 Å². The lowest BCUT2D eigenvalue weighted by Gasteiger charge is -2.00. The molecule has 78 valence electrons. The van der Waals surface area contributed by atoms with Crippen molar-refractivity contribution in [2.24, 2.45) is 0 Å². The van der Waals surface area contributed by atoms with Crippen LogP contribution in [0.1, 0.15) is 29.8 Å². The standard InChI is InChI=1S/C8H10N2OS.C2H6/c1-6-3-7(5-9-4-6)8(11)10-12-2;1-2/h3-5H,1-2H3,(H,10,11);1-2H3. The van der Waals surface area contributed by atoms with Crippen LogP contribution in [0.5, 0.6) is 0 Å². The lowest BCUT2D eigenvalue weighted by atomic mass is 10.2. The van der Waals surface area contributed by atoms with E-state index in [4.69, 9.17) is 0 Å². The van der Waals surface area contributed by atoms with Crippen molar-refractivity contribution in [3.8, 4) is 0 Å². The van der Waals surface area contributed by atoms with Gasteiger partial charge in [-0.1, -0.05) is 25.8 Å². The molecule has 0 spiro atoms. The van der Waals surface area contributed by atoms with E-state index >= 15 is 0 Å². The van der Waals surface area contributed by atoms with Gasteiger partial charge in [-0.2, -0.15) is 0 Å². The third kappa shape index (κ3) is 4.28. The van der Waals surface area contributed by atoms with Crippen molar-refractivity contribution in [3.63, 3.8) is 0 Å². The second kappa shape index (κ2) is 7.38. The molecule has 0 saturated heterocycles. The molecule has 0 saturated carbocycles. The van der Waals surface area contributed by atoms with Crippen LogP contribution >= 0.6 is 11.9 Å². The van der Waals surface area contributed by atoms with Gasteiger partial charge < -0.3 is 0 Å². The van der Waals surface area contributed by atoms with E-state index in [1.54, 1.807) is 24.7 Å². The van der Waals surface area contributed by atoms with Crippen LogP contribution in [0.4, 0.5) is 0 Å². The topological polar surface area (TPSA) is 42.0 Å². The fraction of sp³-hybridized carbons (Fsp3) is 0.400. The molecule has 1 heterocycles. The number of aromatic nitrogens is 1. The number of carbonyl (C=O) groups excluding carboxylic acids is 1. The van der Waals surface area contributed by atoms with Gasteiger partial charge in [-0.05, 0) is 18.6 Å². The summed E-state index contributed by atoms with van der Waals surface area (Å²) in [5, 5.41) is 0. The normalized spacial score (nSPS) is 8.57. The van der Waals surface area contributed by atoms with Gasteiger partial charge in [0.25, 0.3) is 5.91 Å². The zero-order chi connectivity index (χ0) is 11.0. The van der Waals surface area contributed by atoms with Gasteiger partial charge in [-0.25, -0.2) is 0 Å². The number of amides is 1. The van der Waals surface area contributed by atoms with Gasteiger partial charge in [0.15, 0.2) is 0 Å². The minimum atomic E-state index is -0.0984. The fourth-order valence-electron chi connectivity index (χ4n) is 0.831. The Labute approximate surface area is 89.5 Å². The lowest BCUT2D eigenvalue weighted by Crippen LogP contribution is -2.15. The predicted molar refractivity (Wildman–Crippen MR) is 61.3 cm³/mol. The molecular formula is C10H16N2OS. The third-order valence-corrected chi connectivity index (χ3v) is 1.72. The summed E-state index contributed by atoms with van der Waals surface area (Å²) in [7, 11) is 0. The molecule has 0 fully saturated rings. The summed E-state index contributed by atoms with van der Waals surface area (Å²) in [6.07, 6.45) is 5.08. The first-order valence-electron chi connectivity index (χ1n) is 4.49. The highest BCUT2D eigenvalue weighted by Gasteiger charge is 2.03. The first-order chi connectivity index (χ1) is 6.74. The third-order valence-electron chi connectivity index (χ3n) is 1.33. The van der Waals surface area contributed by atoms with E-state index in [2.05, 4.69) is 9.71 Å². The van der Waals surface area contributed by atoms with Crippen LogP contribution in [0.3, 0.4) is 0 Å². The molecule has 0 bridgehead atoms. The Morgan fingerprint density at radius 1 is 1.43 bits per heavy atom. The molecule has 0 radical (unpaired) electrons. The average molecular weight is 212 g/mol. The summed E-state index contributed by atoms with van der Waals surface area (Å²) in [6, 6.07) is 1.80. The predicted octanol–water partition coefficient (Wildman–Crippen LogP) is 2.42. The van der Waals surface area contributed by atoms with E-state index in [9.17, 15) is 4.79 Å². The maximum absolute atomic E-state index is 11.2. The molecule has 0 aromatic carbocycles. The zero-order valence-electron chi connectivity index (χ0n) is 9.00. The highest BCUT2D eigenvalue weighted by atomic mass is 32.2. The van der Waals surface area contributed by atoms with Gasteiger partial charge in [-0.3, -0.25) is 14.5 Å². The van der Waals surface area contributed by atoms with Crippen molar-refractivity contribution in [3.05, 3.63) is 29.6 Å². The van der Waals surface area contributed by atoms with Crippen molar-refractivity contribution in [2.75, 3.05) is 6.26 Å². The Hall–Kier alpha value is -1.03. The molecule has 14 heavy (non-hydrogen) atoms. The van der Waals surface area contributed by atoms with Crippen molar-refractivity contribution in [2.45, 2.75) is 20.8 Å². The maximum atomic E-state index is 11.2. The molecule has 0 atom stereocenters. The van der Waals surface area contributed by atoms with Gasteiger partial charge in [0.05, 0.1) is 5.56 Å². The fourth-order valence-corrected chi connectivity index (χ4v) is 1.13. The Bertz CT molecular complexity index is 289. The summed E-state index contributed by atoms with van der Waals surface area (Å²) in [5.74, 6) is -0.0984. The number of hydrogen-bond donors (Lipinski definition) is 1. The van der Waals surface area contributed by atoms with E-state index in [1.807, 2.05) is 20.8 Å². The van der Waals surface area contributed by atoms with Crippen LogP contribution in [0.15, 0.2) is 18.5 Å². The van der Waals surface area contributed by atoms with E-state index in [1.165, 1.54) is 11.9 Å². The number of carbonyl (C=O) groups is 1. The monoisotopic (exact) mass is 212 g/mol. The zero-order valence-corrected chi connectivity index (χ0v) is 9.81. The first-order valence-corrected chi connectivity index (χ1v) is 5.71. The number of nitrogens with zero attached hydrogens (tertiary/aromatic N) is 1. The molecule has 0 aliphatic rings. The average Bonchev–Trinajstić information content (AvgIpc) is 2.21. The highest BCUT2D eigenvalue weighted by Crippen LogP contribution is 2.01. The quantitative estimate of drug-likeness (QED) is 0.765. The number of nitrogens with one attached hydrogen (secondary N) is 1. The summed E-state index contributed by atoms with van der Waals surface area (Å²) in [4.78, 5) is 15.1. The largest absolute Gasteiger partial charge is 0.296 e. The minimum Gasteiger partial charge on any atom is -0.296 e. The van der Waals surface area contributed by atoms with Crippen LogP contribution in [-0.2, 0) is 0 Å². The molecular weight excluding hydrogens is 196 g/mol. The smallest absolute Gasteiger partial charge is 0.262 e. The van der Waals surface area contributed by atoms with Crippen LogP contribution in [0.2, 0.25) is 0 Å². The molecule has 1 aromatic heterocycles. The van der Waals surface area contributed by atoms with Crippen molar-refractivity contribution in [1.29, 1.82) is 0 Å². The molecule has 1 aromatic rings. The Morgan fingerprint density at radius 2 is 2.07 bits per heavy atom. The Kier molecular flexibility index (Phi) is 6.84. The molecule has 1 amide bonds. The van der Waals surface area contributed by atoms with Gasteiger partial charge in [0, 0.05) is 18.6 Å². The summed E-state index contributed by atoms with van der Waals surface area (Å²) in [6.45, 7) is 5.91. The number of pyridine rings is 1. The van der Waals surface area contributed by atoms with Gasteiger partial charge in [0.1, 0.15) is 0 Å². The summed E-state index contributed by atoms with van der Waals surface area (Å²) < 4.78 is 2.63. The van der Waals surface area contributed by atoms with E-state index < -0.39 is 0 Å². The Balaban J connectivity index is 0.000000791. The van der Waals surface area contributed by atoms with Crippen LogP contribution in [0, 0.1) is 6.92 Å². The molecule has 0 aliphatic carbocycles. The summed E-state index contributed by atoms with van der Waals surface area (Å²) in [5.41, 5.74) is 1.59. The lowest BCUT2D eigenvalue weighted by molar-refractivity contribution is 0.0984. The molecule has 3 nitrogen and oxygen atoms in total. The maximum Gasteiger partial charge on any atom is 0.262 e. The molecule has 0 aliphatic heterocycles. The van der Waals surface area contributed by atoms with Crippen LogP contribution in [0.25, 0.3) is 0 Å². The molecule has 1 rings (SSSR count). The molecule has 4 heteroatoms. The van der Waals surface area contributed by atoms with E-state index in [0.29, 0.717) is 5.56 Å². The van der Waals surface area contributed by atoms with Crippen molar-refractivity contribution in [1.82, 2.24) is 9.71 Å². The Morgan fingerprint density at radius 3 is 2.57 bits per heavy atom. The highest BCUT2D eigenvalue weighted by molar-refractivity contribution is 7.97. The second-order valence-corrected chi connectivity index (χ2v) is 3.00. The SMILES string of the molecule is CC.CSNC(=O)c1cncc(C)c1. The first kappa shape index (κ1) is 13.0. The van der Waals surface area contributed by atoms with Crippen molar-refractivity contribution >= 4 is 17.9 Å². The van der Waals surface area contributed by atoms with Crippen LogP contribution < -0.4 is 4.72 Å². The van der Waals surface area contributed by atoms with E-state index in [-0.39, 0.29) is 5.91 Å². The molecule has 1 N–H and O–H groups in total.